The number of rotatable bonds is 11. The molecule has 1 aromatic carbocycles. The molecule has 3 aliphatic carbocycles. The summed E-state index contributed by atoms with van der Waals surface area (Å²) in [5.74, 6) is -4.66. The van der Waals surface area contributed by atoms with Gasteiger partial charge in [-0.25, -0.2) is 0 Å². The molecule has 0 aromatic heterocycles. The first-order valence-electron chi connectivity index (χ1n) is 14.4. The van der Waals surface area contributed by atoms with E-state index in [0.29, 0.717) is 31.4 Å². The molecule has 12 heteroatoms. The van der Waals surface area contributed by atoms with E-state index in [1.807, 2.05) is 6.07 Å². The van der Waals surface area contributed by atoms with Crippen molar-refractivity contribution < 1.29 is 45.1 Å². The smallest absolute Gasteiger partial charge is 0.393 e. The summed E-state index contributed by atoms with van der Waals surface area (Å²) in [4.78, 5) is 0. The maximum absolute atomic E-state index is 13.2. The van der Waals surface area contributed by atoms with Crippen LogP contribution in [0.5, 0.6) is 0 Å². The number of benzene rings is 1. The molecule has 0 saturated heterocycles. The SMILES string of the molecule is C[C@]12CCC3c4ccc(NS(=O)(=O)O)cc4CCC3(C=CCCCCCCC(O)C(F)(F)C(F)(F)F)C1CC[C@@H]2O. The number of halogens is 5. The molecule has 6 atom stereocenters. The van der Waals surface area contributed by atoms with Gasteiger partial charge in [0.2, 0.25) is 0 Å². The molecule has 232 valence electrons. The number of allylic oxidation sites excluding steroid dienone is 2. The van der Waals surface area contributed by atoms with Gasteiger partial charge in [0.25, 0.3) is 0 Å². The zero-order valence-corrected chi connectivity index (χ0v) is 24.0. The number of hydrogen-bond donors (Lipinski definition) is 4. The van der Waals surface area contributed by atoms with E-state index in [2.05, 4.69) is 23.8 Å². The average Bonchev–Trinajstić information content (AvgIpc) is 3.18. The highest BCUT2D eigenvalue weighted by Crippen LogP contribution is 2.67. The van der Waals surface area contributed by atoms with Crippen molar-refractivity contribution in [2.45, 2.75) is 114 Å². The van der Waals surface area contributed by atoms with Crippen molar-refractivity contribution >= 4 is 16.0 Å². The number of aryl methyl sites for hydroxylation is 1. The maximum Gasteiger partial charge on any atom is 0.456 e. The Morgan fingerprint density at radius 2 is 1.78 bits per heavy atom. The Morgan fingerprint density at radius 3 is 2.46 bits per heavy atom. The normalized spacial score (nSPS) is 31.0. The van der Waals surface area contributed by atoms with Gasteiger partial charge in [-0.15, -0.1) is 0 Å². The molecule has 6 nitrogen and oxygen atoms in total. The van der Waals surface area contributed by atoms with E-state index in [9.17, 15) is 45.1 Å². The molecular weight excluding hydrogens is 569 g/mol. The zero-order chi connectivity index (χ0) is 30.3. The van der Waals surface area contributed by atoms with Crippen molar-refractivity contribution in [3.8, 4) is 0 Å². The summed E-state index contributed by atoms with van der Waals surface area (Å²) < 4.78 is 97.5. The third-order valence-corrected chi connectivity index (χ3v) is 10.5. The Labute approximate surface area is 238 Å². The Morgan fingerprint density at radius 1 is 1.07 bits per heavy atom. The predicted molar refractivity (Wildman–Crippen MR) is 145 cm³/mol. The summed E-state index contributed by atoms with van der Waals surface area (Å²) in [7, 11) is -4.39. The van der Waals surface area contributed by atoms with Crippen molar-refractivity contribution in [3.63, 3.8) is 0 Å². The lowest BCUT2D eigenvalue weighted by Crippen LogP contribution is -2.50. The van der Waals surface area contributed by atoms with Crippen LogP contribution in [0.3, 0.4) is 0 Å². The maximum atomic E-state index is 13.2. The molecule has 0 bridgehead atoms. The van der Waals surface area contributed by atoms with E-state index in [1.54, 1.807) is 12.1 Å². The first kappa shape index (κ1) is 32.2. The minimum atomic E-state index is -5.77. The molecule has 0 amide bonds. The number of aliphatic hydroxyl groups is 2. The standard InChI is InChI=1S/C29H40F5NO5S/c1-26-16-14-22-21-10-9-20(35-41(38,39)40)18-19(21)13-17-27(22,23(26)11-12-24(26)36)15-7-5-3-2-4-6-8-25(37)28(30,31)29(32,33)34/h7,9-10,15,18,22-25,35-37H,2-6,8,11-14,16-17H2,1H3,(H,38,39,40)/t22?,23?,24-,25?,26-,27?/m0/s1. The van der Waals surface area contributed by atoms with E-state index in [0.717, 1.165) is 49.7 Å². The van der Waals surface area contributed by atoms with Gasteiger partial charge in [-0.1, -0.05) is 44.4 Å². The lowest BCUT2D eigenvalue weighted by atomic mass is 9.47. The third kappa shape index (κ3) is 6.45. The van der Waals surface area contributed by atoms with E-state index >= 15 is 0 Å². The van der Waals surface area contributed by atoms with Gasteiger partial charge in [-0.2, -0.15) is 30.4 Å². The first-order valence-corrected chi connectivity index (χ1v) is 15.8. The van der Waals surface area contributed by atoms with Crippen molar-refractivity contribution in [2.24, 2.45) is 16.7 Å². The molecule has 0 spiro atoms. The van der Waals surface area contributed by atoms with Gasteiger partial charge in [0.05, 0.1) is 11.8 Å². The molecule has 0 heterocycles. The Kier molecular flexibility index (Phi) is 9.20. The number of hydrogen-bond acceptors (Lipinski definition) is 4. The predicted octanol–water partition coefficient (Wildman–Crippen LogP) is 6.94. The second-order valence-electron chi connectivity index (χ2n) is 12.4. The first-order chi connectivity index (χ1) is 19.0. The average molecular weight is 610 g/mol. The minimum Gasteiger partial charge on any atom is -0.393 e. The van der Waals surface area contributed by atoms with Crippen molar-refractivity contribution in [1.29, 1.82) is 0 Å². The van der Waals surface area contributed by atoms with Gasteiger partial charge in [-0.3, -0.25) is 9.27 Å². The highest BCUT2D eigenvalue weighted by Gasteiger charge is 2.62. The fourth-order valence-electron chi connectivity index (χ4n) is 7.87. The molecule has 1 aromatic rings. The molecule has 41 heavy (non-hydrogen) atoms. The fraction of sp³-hybridized carbons (Fsp3) is 0.724. The van der Waals surface area contributed by atoms with Gasteiger partial charge in [-0.05, 0) is 104 Å². The quantitative estimate of drug-likeness (QED) is 0.0941. The molecular formula is C29H40F5NO5S. The van der Waals surface area contributed by atoms with E-state index in [-0.39, 0.29) is 35.2 Å². The second-order valence-corrected chi connectivity index (χ2v) is 13.5. The molecule has 4 N–H and O–H groups in total. The minimum absolute atomic E-state index is 0.0755. The Balaban J connectivity index is 1.42. The second kappa shape index (κ2) is 11.7. The van der Waals surface area contributed by atoms with Crippen LogP contribution in [0.2, 0.25) is 0 Å². The van der Waals surface area contributed by atoms with Crippen molar-refractivity contribution in [1.82, 2.24) is 0 Å². The molecule has 4 unspecified atom stereocenters. The molecule has 0 aliphatic heterocycles. The van der Waals surface area contributed by atoms with Crippen LogP contribution in [0.1, 0.15) is 94.6 Å². The van der Waals surface area contributed by atoms with Crippen LogP contribution in [0.4, 0.5) is 27.6 Å². The Bertz CT molecular complexity index is 1220. The van der Waals surface area contributed by atoms with E-state index < -0.39 is 34.9 Å². The summed E-state index contributed by atoms with van der Waals surface area (Å²) in [6.07, 6.45) is 2.46. The molecule has 3 aliphatic rings. The number of fused-ring (bicyclic) bond motifs is 5. The summed E-state index contributed by atoms with van der Waals surface area (Å²) in [5.41, 5.74) is 2.10. The lowest BCUT2D eigenvalue weighted by Gasteiger charge is -2.57. The van der Waals surface area contributed by atoms with E-state index in [1.165, 1.54) is 0 Å². The fourth-order valence-corrected chi connectivity index (χ4v) is 8.29. The Hall–Kier alpha value is -1.76. The number of alkyl halides is 5. The topological polar surface area (TPSA) is 107 Å². The highest BCUT2D eigenvalue weighted by molar-refractivity contribution is 7.87. The van der Waals surface area contributed by atoms with Crippen LogP contribution in [0, 0.1) is 16.7 Å². The van der Waals surface area contributed by atoms with Crippen LogP contribution in [-0.2, 0) is 16.7 Å². The number of unbranched alkanes of at least 4 members (excludes halogenated alkanes) is 4. The third-order valence-electron chi connectivity index (χ3n) is 9.97. The molecule has 4 rings (SSSR count). The summed E-state index contributed by atoms with van der Waals surface area (Å²) in [6.45, 7) is 2.17. The van der Waals surface area contributed by atoms with Crippen LogP contribution in [-0.4, -0.2) is 47.5 Å². The van der Waals surface area contributed by atoms with Crippen LogP contribution in [0.25, 0.3) is 0 Å². The van der Waals surface area contributed by atoms with Crippen molar-refractivity contribution in [3.05, 3.63) is 41.5 Å². The van der Waals surface area contributed by atoms with Crippen molar-refractivity contribution in [2.75, 3.05) is 4.72 Å². The van der Waals surface area contributed by atoms with Crippen LogP contribution < -0.4 is 4.72 Å². The molecule has 0 radical (unpaired) electrons. The van der Waals surface area contributed by atoms with E-state index in [4.69, 9.17) is 0 Å². The molecule has 2 fully saturated rings. The van der Waals surface area contributed by atoms with Crippen LogP contribution in [0.15, 0.2) is 30.4 Å². The molecule has 2 saturated carbocycles. The number of anilines is 1. The summed E-state index contributed by atoms with van der Waals surface area (Å²) in [6, 6.07) is 5.36. The number of aliphatic hydroxyl groups excluding tert-OH is 2. The monoisotopic (exact) mass is 609 g/mol. The van der Waals surface area contributed by atoms with Gasteiger partial charge < -0.3 is 10.2 Å². The summed E-state index contributed by atoms with van der Waals surface area (Å²) in [5, 5.41) is 20.2. The van der Waals surface area contributed by atoms with Gasteiger partial charge in [0.1, 0.15) is 6.10 Å². The lowest BCUT2D eigenvalue weighted by molar-refractivity contribution is -0.313. The largest absolute Gasteiger partial charge is 0.456 e. The van der Waals surface area contributed by atoms with Crippen LogP contribution >= 0.6 is 0 Å². The summed E-state index contributed by atoms with van der Waals surface area (Å²) >= 11 is 0. The number of nitrogens with one attached hydrogen (secondary N) is 1. The highest BCUT2D eigenvalue weighted by atomic mass is 32.2. The van der Waals surface area contributed by atoms with Gasteiger partial charge >= 0.3 is 22.4 Å². The van der Waals surface area contributed by atoms with Gasteiger partial charge in [0, 0.05) is 0 Å². The zero-order valence-electron chi connectivity index (χ0n) is 23.1. The van der Waals surface area contributed by atoms with Gasteiger partial charge in [0.15, 0.2) is 0 Å².